The summed E-state index contributed by atoms with van der Waals surface area (Å²) in [6.07, 6.45) is -3.48. The molecule has 3 aromatic rings. The summed E-state index contributed by atoms with van der Waals surface area (Å²) < 4.78 is 11.7. The number of phenols is 2. The Kier molecular flexibility index (Phi) is 5.63. The van der Waals surface area contributed by atoms with Crippen LogP contribution in [0.3, 0.4) is 0 Å². The zero-order valence-electron chi connectivity index (χ0n) is 16.5. The molecule has 0 amide bonds. The van der Waals surface area contributed by atoms with Crippen LogP contribution in [0.1, 0.15) is 13.3 Å². The van der Waals surface area contributed by atoms with Crippen LogP contribution >= 0.6 is 0 Å². The van der Waals surface area contributed by atoms with Crippen molar-refractivity contribution in [2.45, 2.75) is 37.9 Å². The number of rotatable bonds is 4. The van der Waals surface area contributed by atoms with Gasteiger partial charge in [0.1, 0.15) is 11.9 Å². The number of aliphatic hydroxyl groups is 2. The van der Waals surface area contributed by atoms with Gasteiger partial charge in [-0.2, -0.15) is 0 Å². The van der Waals surface area contributed by atoms with Gasteiger partial charge in [-0.25, -0.2) is 0 Å². The van der Waals surface area contributed by atoms with Gasteiger partial charge in [-0.3, -0.25) is 0 Å². The highest BCUT2D eigenvalue weighted by molar-refractivity contribution is 5.87. The first kappa shape index (κ1) is 20.2. The van der Waals surface area contributed by atoms with Crippen molar-refractivity contribution in [2.75, 3.05) is 0 Å². The van der Waals surface area contributed by atoms with Gasteiger partial charge < -0.3 is 29.9 Å². The van der Waals surface area contributed by atoms with E-state index < -0.39 is 24.6 Å². The normalized spacial score (nSPS) is 23.8. The summed E-state index contributed by atoms with van der Waals surface area (Å²) in [6.45, 7) is 1.65. The minimum Gasteiger partial charge on any atom is -0.507 e. The zero-order chi connectivity index (χ0) is 21.3. The lowest BCUT2D eigenvalue weighted by Crippen LogP contribution is -2.48. The Hall–Kier alpha value is -3.06. The third-order valence-corrected chi connectivity index (χ3v) is 5.31. The average Bonchev–Trinajstić information content (AvgIpc) is 2.75. The van der Waals surface area contributed by atoms with Gasteiger partial charge in [-0.1, -0.05) is 60.7 Å². The van der Waals surface area contributed by atoms with Crippen molar-refractivity contribution in [3.8, 4) is 39.5 Å². The molecule has 0 spiro atoms. The summed E-state index contributed by atoms with van der Waals surface area (Å²) in [5.41, 5.74) is 2.10. The number of phenolic OH excluding ortho intramolecular Hbond substituents is 2. The van der Waals surface area contributed by atoms with Crippen LogP contribution in [-0.4, -0.2) is 45.0 Å². The van der Waals surface area contributed by atoms with Gasteiger partial charge in [0.15, 0.2) is 11.5 Å². The summed E-state index contributed by atoms with van der Waals surface area (Å²) in [4.78, 5) is 0. The van der Waals surface area contributed by atoms with E-state index in [4.69, 9.17) is 9.47 Å². The zero-order valence-corrected chi connectivity index (χ0v) is 16.5. The van der Waals surface area contributed by atoms with Crippen molar-refractivity contribution in [1.82, 2.24) is 0 Å². The second-order valence-corrected chi connectivity index (χ2v) is 7.41. The van der Waals surface area contributed by atoms with Gasteiger partial charge in [0.2, 0.25) is 6.29 Å². The molecule has 6 nitrogen and oxygen atoms in total. The Morgan fingerprint density at radius 1 is 0.900 bits per heavy atom. The maximum Gasteiger partial charge on any atom is 0.203 e. The molecule has 1 aliphatic rings. The van der Waals surface area contributed by atoms with Crippen LogP contribution < -0.4 is 4.74 Å². The summed E-state index contributed by atoms with van der Waals surface area (Å²) >= 11 is 0. The molecule has 0 aliphatic carbocycles. The highest BCUT2D eigenvalue weighted by Crippen LogP contribution is 2.49. The van der Waals surface area contributed by atoms with Crippen molar-refractivity contribution in [3.63, 3.8) is 0 Å². The highest BCUT2D eigenvalue weighted by Gasteiger charge is 2.36. The molecule has 1 fully saturated rings. The Bertz CT molecular complexity index is 993. The third-order valence-electron chi connectivity index (χ3n) is 5.31. The predicted octanol–water partition coefficient (Wildman–Crippen LogP) is 3.67. The van der Waals surface area contributed by atoms with Crippen molar-refractivity contribution >= 4 is 0 Å². The van der Waals surface area contributed by atoms with Crippen LogP contribution in [0.25, 0.3) is 22.3 Å². The molecular weight excluding hydrogens is 384 g/mol. The van der Waals surface area contributed by atoms with Gasteiger partial charge in [-0.05, 0) is 24.1 Å². The first-order valence-corrected chi connectivity index (χ1v) is 9.83. The predicted molar refractivity (Wildman–Crippen MR) is 112 cm³/mol. The van der Waals surface area contributed by atoms with Crippen LogP contribution in [0.15, 0.2) is 66.7 Å². The number of ether oxygens (including phenoxy) is 2. The smallest absolute Gasteiger partial charge is 0.203 e. The highest BCUT2D eigenvalue weighted by atomic mass is 16.7. The molecule has 4 rings (SSSR count). The minimum atomic E-state index is -1.01. The number of aliphatic hydroxyl groups excluding tert-OH is 2. The van der Waals surface area contributed by atoms with E-state index in [1.54, 1.807) is 25.1 Å². The third kappa shape index (κ3) is 3.85. The van der Waals surface area contributed by atoms with Crippen LogP contribution in [0, 0.1) is 0 Å². The van der Waals surface area contributed by atoms with Gasteiger partial charge in [0, 0.05) is 12.0 Å². The van der Waals surface area contributed by atoms with Crippen LogP contribution in [0.5, 0.6) is 17.2 Å². The molecule has 4 N–H and O–H groups in total. The molecule has 0 radical (unpaired) electrons. The molecule has 3 aromatic carbocycles. The molecule has 156 valence electrons. The van der Waals surface area contributed by atoms with Gasteiger partial charge in [0.25, 0.3) is 0 Å². The molecule has 4 unspecified atom stereocenters. The average molecular weight is 408 g/mol. The molecule has 0 aromatic heterocycles. The van der Waals surface area contributed by atoms with Crippen molar-refractivity contribution in [3.05, 3.63) is 66.7 Å². The number of hydrogen-bond acceptors (Lipinski definition) is 6. The largest absolute Gasteiger partial charge is 0.507 e. The van der Waals surface area contributed by atoms with Gasteiger partial charge in [-0.15, -0.1) is 0 Å². The summed E-state index contributed by atoms with van der Waals surface area (Å²) in [7, 11) is 0. The van der Waals surface area contributed by atoms with Gasteiger partial charge in [0.05, 0.1) is 17.8 Å². The van der Waals surface area contributed by atoms with Crippen LogP contribution in [0.4, 0.5) is 0 Å². The molecule has 4 atom stereocenters. The number of aromatic hydroxyl groups is 2. The van der Waals surface area contributed by atoms with Crippen molar-refractivity contribution in [1.29, 1.82) is 0 Å². The maximum atomic E-state index is 11.1. The summed E-state index contributed by atoms with van der Waals surface area (Å²) in [6, 6.07) is 19.8. The maximum absolute atomic E-state index is 11.1. The lowest BCUT2D eigenvalue weighted by atomic mass is 9.96. The Morgan fingerprint density at radius 2 is 1.50 bits per heavy atom. The standard InChI is InChI=1S/C24H24O6/c1-14-22(27)19(26)13-20(29-14)30-24-17(15-8-4-2-5-9-15)12-18(25)21(23(24)28)16-10-6-3-7-11-16/h2-12,14,19-20,22,25-28H,13H2,1H3. The Labute approximate surface area is 174 Å². The second-order valence-electron chi connectivity index (χ2n) is 7.41. The topological polar surface area (TPSA) is 99.4 Å². The van der Waals surface area contributed by atoms with E-state index in [0.29, 0.717) is 11.1 Å². The monoisotopic (exact) mass is 408 g/mol. The van der Waals surface area contributed by atoms with E-state index in [0.717, 1.165) is 5.56 Å². The van der Waals surface area contributed by atoms with Gasteiger partial charge >= 0.3 is 0 Å². The van der Waals surface area contributed by atoms with E-state index in [9.17, 15) is 20.4 Å². The molecule has 30 heavy (non-hydrogen) atoms. The second kappa shape index (κ2) is 8.36. The molecule has 1 aliphatic heterocycles. The summed E-state index contributed by atoms with van der Waals surface area (Å²) in [5.74, 6) is -0.172. The fourth-order valence-electron chi connectivity index (χ4n) is 3.71. The van der Waals surface area contributed by atoms with Crippen LogP contribution in [0.2, 0.25) is 0 Å². The van der Waals surface area contributed by atoms with E-state index in [1.807, 2.05) is 48.5 Å². The fourth-order valence-corrected chi connectivity index (χ4v) is 3.71. The molecule has 6 heteroatoms. The molecule has 1 saturated heterocycles. The first-order chi connectivity index (χ1) is 14.5. The fraction of sp³-hybridized carbons (Fsp3) is 0.250. The van der Waals surface area contributed by atoms with Crippen molar-refractivity contribution in [2.24, 2.45) is 0 Å². The quantitative estimate of drug-likeness (QED) is 0.526. The van der Waals surface area contributed by atoms with Crippen molar-refractivity contribution < 1.29 is 29.9 Å². The molecule has 0 bridgehead atoms. The summed E-state index contributed by atoms with van der Waals surface area (Å²) in [5, 5.41) is 41.9. The first-order valence-electron chi connectivity index (χ1n) is 9.83. The lowest BCUT2D eigenvalue weighted by Gasteiger charge is -2.35. The van der Waals surface area contributed by atoms with Crippen LogP contribution in [-0.2, 0) is 4.74 Å². The lowest BCUT2D eigenvalue weighted by molar-refractivity contribution is -0.216. The number of hydrogen-bond donors (Lipinski definition) is 4. The van der Waals surface area contributed by atoms with E-state index in [-0.39, 0.29) is 29.2 Å². The Morgan fingerprint density at radius 3 is 2.10 bits per heavy atom. The molecular formula is C24H24O6. The van der Waals surface area contributed by atoms with E-state index >= 15 is 0 Å². The molecule has 0 saturated carbocycles. The Balaban J connectivity index is 1.82. The number of benzene rings is 3. The SMILES string of the molecule is CC1OC(Oc2c(-c3ccccc3)cc(O)c(-c3ccccc3)c2O)CC(O)C1O. The van der Waals surface area contributed by atoms with E-state index in [2.05, 4.69) is 0 Å². The minimum absolute atomic E-state index is 0.0424. The van der Waals surface area contributed by atoms with E-state index in [1.165, 1.54) is 0 Å². The molecule has 1 heterocycles.